The van der Waals surface area contributed by atoms with Gasteiger partial charge in [-0.25, -0.2) is 4.79 Å². The standard InChI is InChI=1S/C17H15ClO3/c1-3-11-20-17(19)10-8-13-7-9-16(21-13)14-5-4-6-15(18)12(14)2/h3-10H,1,11H2,2H3/b10-8+. The van der Waals surface area contributed by atoms with Crippen molar-refractivity contribution in [2.24, 2.45) is 0 Å². The minimum absolute atomic E-state index is 0.189. The van der Waals surface area contributed by atoms with Gasteiger partial charge >= 0.3 is 5.97 Å². The zero-order valence-electron chi connectivity index (χ0n) is 11.6. The number of furan rings is 1. The molecule has 0 aliphatic rings. The summed E-state index contributed by atoms with van der Waals surface area (Å²) in [5, 5.41) is 0.689. The number of carbonyl (C=O) groups excluding carboxylic acids is 1. The monoisotopic (exact) mass is 302 g/mol. The summed E-state index contributed by atoms with van der Waals surface area (Å²) in [6, 6.07) is 9.27. The lowest BCUT2D eigenvalue weighted by Gasteiger charge is -2.03. The molecule has 0 radical (unpaired) electrons. The molecule has 2 rings (SSSR count). The van der Waals surface area contributed by atoms with Gasteiger partial charge in [-0.05, 0) is 36.8 Å². The van der Waals surface area contributed by atoms with Crippen molar-refractivity contribution in [2.45, 2.75) is 6.92 Å². The third-order valence-corrected chi connectivity index (χ3v) is 3.30. The van der Waals surface area contributed by atoms with Crippen molar-refractivity contribution in [2.75, 3.05) is 6.61 Å². The van der Waals surface area contributed by atoms with Crippen molar-refractivity contribution in [3.8, 4) is 11.3 Å². The first-order valence-electron chi connectivity index (χ1n) is 6.43. The molecule has 1 aromatic carbocycles. The Kier molecular flexibility index (Phi) is 5.01. The van der Waals surface area contributed by atoms with Gasteiger partial charge in [-0.3, -0.25) is 0 Å². The molecule has 1 aromatic heterocycles. The normalized spacial score (nSPS) is 10.8. The highest BCUT2D eigenvalue weighted by Crippen LogP contribution is 2.29. The molecule has 0 fully saturated rings. The first-order valence-corrected chi connectivity index (χ1v) is 6.80. The summed E-state index contributed by atoms with van der Waals surface area (Å²) in [4.78, 5) is 11.3. The Balaban J connectivity index is 2.15. The van der Waals surface area contributed by atoms with Gasteiger partial charge in [0.05, 0.1) is 0 Å². The molecule has 1 heterocycles. The molecule has 0 N–H and O–H groups in total. The maximum atomic E-state index is 11.3. The van der Waals surface area contributed by atoms with Crippen LogP contribution >= 0.6 is 11.6 Å². The Bertz CT molecular complexity index is 683. The SMILES string of the molecule is C=CCOC(=O)/C=C/c1ccc(-c2cccc(Cl)c2C)o1. The van der Waals surface area contributed by atoms with Gasteiger partial charge in [-0.1, -0.05) is 36.4 Å². The highest BCUT2D eigenvalue weighted by atomic mass is 35.5. The quantitative estimate of drug-likeness (QED) is 0.458. The summed E-state index contributed by atoms with van der Waals surface area (Å²) in [6.45, 7) is 5.59. The molecule has 0 unspecified atom stereocenters. The topological polar surface area (TPSA) is 39.4 Å². The minimum atomic E-state index is -0.438. The highest BCUT2D eigenvalue weighted by Gasteiger charge is 2.08. The predicted molar refractivity (Wildman–Crippen MR) is 84.1 cm³/mol. The van der Waals surface area contributed by atoms with E-state index in [4.69, 9.17) is 20.8 Å². The van der Waals surface area contributed by atoms with E-state index in [-0.39, 0.29) is 6.61 Å². The second-order valence-electron chi connectivity index (χ2n) is 4.37. The number of ether oxygens (including phenoxy) is 1. The zero-order valence-corrected chi connectivity index (χ0v) is 12.4. The predicted octanol–water partition coefficient (Wildman–Crippen LogP) is 4.65. The molecule has 0 bridgehead atoms. The molecule has 0 saturated heterocycles. The van der Waals surface area contributed by atoms with Crippen molar-refractivity contribution in [3.63, 3.8) is 0 Å². The first-order chi connectivity index (χ1) is 10.1. The number of hydrogen-bond donors (Lipinski definition) is 0. The molecule has 21 heavy (non-hydrogen) atoms. The van der Waals surface area contributed by atoms with Crippen LogP contribution in [0, 0.1) is 6.92 Å². The van der Waals surface area contributed by atoms with E-state index in [1.165, 1.54) is 12.2 Å². The third-order valence-electron chi connectivity index (χ3n) is 2.89. The van der Waals surface area contributed by atoms with E-state index in [9.17, 15) is 4.79 Å². The Labute approximate surface area is 128 Å². The van der Waals surface area contributed by atoms with Crippen LogP contribution in [-0.2, 0) is 9.53 Å². The Morgan fingerprint density at radius 3 is 2.95 bits per heavy atom. The minimum Gasteiger partial charge on any atom is -0.458 e. The summed E-state index contributed by atoms with van der Waals surface area (Å²) in [7, 11) is 0. The summed E-state index contributed by atoms with van der Waals surface area (Å²) in [5.74, 6) is 0.834. The Morgan fingerprint density at radius 2 is 2.19 bits per heavy atom. The van der Waals surface area contributed by atoms with Crippen molar-refractivity contribution >= 4 is 23.6 Å². The van der Waals surface area contributed by atoms with E-state index < -0.39 is 5.97 Å². The van der Waals surface area contributed by atoms with Gasteiger partial charge in [0.2, 0.25) is 0 Å². The number of esters is 1. The molecule has 4 heteroatoms. The second-order valence-corrected chi connectivity index (χ2v) is 4.77. The van der Waals surface area contributed by atoms with Crippen LogP contribution in [-0.4, -0.2) is 12.6 Å². The largest absolute Gasteiger partial charge is 0.458 e. The summed E-state index contributed by atoms with van der Waals surface area (Å²) in [5.41, 5.74) is 1.88. The fourth-order valence-electron chi connectivity index (χ4n) is 1.80. The van der Waals surface area contributed by atoms with Crippen molar-refractivity contribution in [3.05, 3.63) is 65.4 Å². The fourth-order valence-corrected chi connectivity index (χ4v) is 1.98. The van der Waals surface area contributed by atoms with Crippen molar-refractivity contribution in [1.82, 2.24) is 0 Å². The van der Waals surface area contributed by atoms with Crippen LogP contribution in [0.15, 0.2) is 53.5 Å². The number of benzene rings is 1. The van der Waals surface area contributed by atoms with Gasteiger partial charge in [-0.15, -0.1) is 0 Å². The van der Waals surface area contributed by atoms with Gasteiger partial charge in [0.15, 0.2) is 0 Å². The van der Waals surface area contributed by atoms with Crippen LogP contribution in [0.2, 0.25) is 5.02 Å². The lowest BCUT2D eigenvalue weighted by atomic mass is 10.1. The van der Waals surface area contributed by atoms with Crippen LogP contribution in [0.4, 0.5) is 0 Å². The van der Waals surface area contributed by atoms with Crippen LogP contribution < -0.4 is 0 Å². The van der Waals surface area contributed by atoms with Gasteiger partial charge in [0.1, 0.15) is 18.1 Å². The van der Waals surface area contributed by atoms with Gasteiger partial charge in [0.25, 0.3) is 0 Å². The molecule has 0 amide bonds. The number of halogens is 1. The van der Waals surface area contributed by atoms with E-state index >= 15 is 0 Å². The average molecular weight is 303 g/mol. The van der Waals surface area contributed by atoms with Crippen LogP contribution in [0.3, 0.4) is 0 Å². The fraction of sp³-hybridized carbons (Fsp3) is 0.118. The van der Waals surface area contributed by atoms with E-state index in [1.54, 1.807) is 12.1 Å². The van der Waals surface area contributed by atoms with Crippen LogP contribution in [0.1, 0.15) is 11.3 Å². The third kappa shape index (κ3) is 3.86. The first kappa shape index (κ1) is 15.1. The molecule has 0 spiro atoms. The maximum absolute atomic E-state index is 11.3. The lowest BCUT2D eigenvalue weighted by Crippen LogP contribution is -1.99. The number of rotatable bonds is 5. The molecule has 3 nitrogen and oxygen atoms in total. The zero-order chi connectivity index (χ0) is 15.2. The summed E-state index contributed by atoms with van der Waals surface area (Å²) >= 11 is 6.10. The van der Waals surface area contributed by atoms with Crippen LogP contribution in [0.5, 0.6) is 0 Å². The van der Waals surface area contributed by atoms with Gasteiger partial charge < -0.3 is 9.15 Å². The number of carbonyl (C=O) groups is 1. The Hall–Kier alpha value is -2.26. The molecule has 0 saturated carbocycles. The Morgan fingerprint density at radius 1 is 1.38 bits per heavy atom. The number of hydrogen-bond acceptors (Lipinski definition) is 3. The van der Waals surface area contributed by atoms with E-state index in [1.807, 2.05) is 31.2 Å². The van der Waals surface area contributed by atoms with Crippen LogP contribution in [0.25, 0.3) is 17.4 Å². The molecule has 0 aliphatic heterocycles. The van der Waals surface area contributed by atoms with E-state index in [0.717, 1.165) is 11.1 Å². The average Bonchev–Trinajstić information content (AvgIpc) is 2.94. The molecule has 0 aliphatic carbocycles. The van der Waals surface area contributed by atoms with Gasteiger partial charge in [0, 0.05) is 16.7 Å². The van der Waals surface area contributed by atoms with Crippen molar-refractivity contribution in [1.29, 1.82) is 0 Å². The van der Waals surface area contributed by atoms with Gasteiger partial charge in [-0.2, -0.15) is 0 Å². The molecule has 0 atom stereocenters. The van der Waals surface area contributed by atoms with E-state index in [2.05, 4.69) is 6.58 Å². The van der Waals surface area contributed by atoms with Crippen molar-refractivity contribution < 1.29 is 13.9 Å². The molecular weight excluding hydrogens is 288 g/mol. The summed E-state index contributed by atoms with van der Waals surface area (Å²) in [6.07, 6.45) is 4.39. The lowest BCUT2D eigenvalue weighted by molar-refractivity contribution is -0.136. The highest BCUT2D eigenvalue weighted by molar-refractivity contribution is 6.31. The smallest absolute Gasteiger partial charge is 0.331 e. The summed E-state index contributed by atoms with van der Waals surface area (Å²) < 4.78 is 10.5. The maximum Gasteiger partial charge on any atom is 0.331 e. The molecule has 108 valence electrons. The molecular formula is C17H15ClO3. The molecule has 2 aromatic rings. The van der Waals surface area contributed by atoms with E-state index in [0.29, 0.717) is 16.5 Å². The second kappa shape index (κ2) is 6.95.